The maximum atomic E-state index is 13.3. The first kappa shape index (κ1) is 20.1. The van der Waals surface area contributed by atoms with Gasteiger partial charge in [0.2, 0.25) is 0 Å². The largest absolute Gasteiger partial charge is 0.459 e. The third-order valence-electron chi connectivity index (χ3n) is 2.27. The van der Waals surface area contributed by atoms with Crippen molar-refractivity contribution in [2.75, 3.05) is 7.11 Å². The van der Waals surface area contributed by atoms with Crippen molar-refractivity contribution in [1.29, 1.82) is 0 Å². The summed E-state index contributed by atoms with van der Waals surface area (Å²) in [6.07, 6.45) is -22.3. The summed E-state index contributed by atoms with van der Waals surface area (Å²) in [6, 6.07) is 0. The third kappa shape index (κ3) is 2.50. The van der Waals surface area contributed by atoms with Gasteiger partial charge in [-0.05, 0) is 0 Å². The van der Waals surface area contributed by atoms with E-state index >= 15 is 0 Å². The molecule has 0 spiro atoms. The van der Waals surface area contributed by atoms with E-state index in [9.17, 15) is 57.1 Å². The van der Waals surface area contributed by atoms with Gasteiger partial charge in [-0.15, -0.1) is 0 Å². The van der Waals surface area contributed by atoms with Crippen LogP contribution in [0.15, 0.2) is 0 Å². The molecule has 0 N–H and O–H groups in total. The molecule has 128 valence electrons. The fourth-order valence-electron chi connectivity index (χ4n) is 1.19. The Balaban J connectivity index is 6.60. The third-order valence-corrected chi connectivity index (χ3v) is 2.27. The quantitative estimate of drug-likeness (QED) is 0.689. The summed E-state index contributed by atoms with van der Waals surface area (Å²) in [7, 11) is -0.703. The zero-order valence-corrected chi connectivity index (χ0v) is 9.32. The highest BCUT2D eigenvalue weighted by Crippen LogP contribution is 2.61. The molecule has 14 heteroatoms. The molecular weight excluding hydrogens is 347 g/mol. The molecule has 21 heavy (non-hydrogen) atoms. The molecule has 0 unspecified atom stereocenters. The Hall–Kier alpha value is -0.950. The molecule has 0 rings (SSSR count). The van der Waals surface area contributed by atoms with Crippen LogP contribution in [0.1, 0.15) is 0 Å². The molecule has 0 aliphatic carbocycles. The zero-order valence-electron chi connectivity index (χ0n) is 9.32. The van der Waals surface area contributed by atoms with Crippen LogP contribution in [0.25, 0.3) is 0 Å². The number of rotatable bonds is 3. The van der Waals surface area contributed by atoms with Crippen molar-refractivity contribution in [3.63, 3.8) is 0 Å². The van der Waals surface area contributed by atoms with Gasteiger partial charge in [0.15, 0.2) is 0 Å². The number of hydrogen-bond donors (Lipinski definition) is 0. The molecule has 0 aromatic carbocycles. The highest BCUT2D eigenvalue weighted by molar-refractivity contribution is 5.13. The molecule has 0 aromatic heterocycles. The van der Waals surface area contributed by atoms with Crippen LogP contribution in [0, 0.1) is 0 Å². The first-order chi connectivity index (χ1) is 8.81. The lowest BCUT2D eigenvalue weighted by atomic mass is 9.88. The van der Waals surface area contributed by atoms with Gasteiger partial charge in [0, 0.05) is 7.11 Å². The number of alkyl halides is 13. The van der Waals surface area contributed by atoms with E-state index in [4.69, 9.17) is 0 Å². The van der Waals surface area contributed by atoms with Gasteiger partial charge in [-0.1, -0.05) is 0 Å². The minimum Gasteiger partial charge on any atom is -0.341 e. The van der Waals surface area contributed by atoms with Crippen LogP contribution < -0.4 is 0 Å². The summed E-state index contributed by atoms with van der Waals surface area (Å²) in [5.41, 5.74) is -7.64. The highest BCUT2D eigenvalue weighted by atomic mass is 19.4. The SMILES string of the molecule is CO[C@@](F)(C(F)(F)C(F)(F)F)C(F)(C(F)(F)F)C(F)(F)F. The molecule has 1 atom stereocenters. The molecule has 0 bridgehead atoms. The Bertz CT molecular complexity index is 361. The summed E-state index contributed by atoms with van der Waals surface area (Å²) >= 11 is 0. The standard InChI is InChI=1S/C7H3F13O/c1-21-4(11,3(9,10)7(18,19)20)2(8,5(12,13)14)6(15,16)17/h1H3/t4-/m1/s1. The van der Waals surface area contributed by atoms with Crippen molar-refractivity contribution in [2.45, 2.75) is 36.0 Å². The van der Waals surface area contributed by atoms with Crippen LogP contribution in [0.3, 0.4) is 0 Å². The van der Waals surface area contributed by atoms with Gasteiger partial charge < -0.3 is 4.74 Å². The van der Waals surface area contributed by atoms with Crippen molar-refractivity contribution >= 4 is 0 Å². The van der Waals surface area contributed by atoms with E-state index in [0.717, 1.165) is 0 Å². The summed E-state index contributed by atoms with van der Waals surface area (Å²) in [5.74, 6) is -14.6. The van der Waals surface area contributed by atoms with Crippen LogP contribution in [-0.4, -0.2) is 43.1 Å². The van der Waals surface area contributed by atoms with Crippen molar-refractivity contribution in [3.05, 3.63) is 0 Å². The summed E-state index contributed by atoms with van der Waals surface area (Å²) in [6.45, 7) is 0. The minimum absolute atomic E-state index is 0.703. The summed E-state index contributed by atoms with van der Waals surface area (Å²) in [4.78, 5) is 0. The molecule has 0 heterocycles. The molecule has 0 fully saturated rings. The number of ether oxygens (including phenoxy) is 1. The van der Waals surface area contributed by atoms with Crippen LogP contribution in [0.2, 0.25) is 0 Å². The first-order valence-electron chi connectivity index (χ1n) is 4.32. The molecule has 1 nitrogen and oxygen atoms in total. The van der Waals surface area contributed by atoms with Gasteiger partial charge >= 0.3 is 36.0 Å². The predicted octanol–water partition coefficient (Wildman–Crippen LogP) is 4.33. The second kappa shape index (κ2) is 4.78. The number of methoxy groups -OCH3 is 1. The van der Waals surface area contributed by atoms with Crippen LogP contribution in [0.5, 0.6) is 0 Å². The Morgan fingerprint density at radius 2 is 0.810 bits per heavy atom. The second-order valence-electron chi connectivity index (χ2n) is 3.53. The average Bonchev–Trinajstić information content (AvgIpc) is 2.21. The molecular formula is C7H3F13O. The Kier molecular flexibility index (Phi) is 4.56. The maximum absolute atomic E-state index is 13.3. The van der Waals surface area contributed by atoms with E-state index in [0.29, 0.717) is 0 Å². The topological polar surface area (TPSA) is 9.23 Å². The number of halogens is 13. The van der Waals surface area contributed by atoms with E-state index in [1.807, 2.05) is 0 Å². The Morgan fingerprint density at radius 1 is 0.524 bits per heavy atom. The zero-order chi connectivity index (χ0) is 17.7. The van der Waals surface area contributed by atoms with Crippen molar-refractivity contribution < 1.29 is 61.8 Å². The minimum atomic E-state index is -7.64. The molecule has 0 aliphatic rings. The van der Waals surface area contributed by atoms with E-state index in [1.54, 1.807) is 0 Å². The smallest absolute Gasteiger partial charge is 0.341 e. The maximum Gasteiger partial charge on any atom is 0.459 e. The molecule has 0 saturated carbocycles. The summed E-state index contributed by atoms with van der Waals surface area (Å²) < 4.78 is 162. The van der Waals surface area contributed by atoms with Gasteiger partial charge in [0.05, 0.1) is 0 Å². The van der Waals surface area contributed by atoms with Crippen LogP contribution >= 0.6 is 0 Å². The Labute approximate surface area is 106 Å². The average molecular weight is 350 g/mol. The normalized spacial score (nSPS) is 18.6. The Morgan fingerprint density at radius 3 is 0.952 bits per heavy atom. The van der Waals surface area contributed by atoms with Crippen LogP contribution in [0.4, 0.5) is 57.1 Å². The lowest BCUT2D eigenvalue weighted by Crippen LogP contribution is -2.75. The van der Waals surface area contributed by atoms with Crippen LogP contribution in [-0.2, 0) is 4.74 Å². The molecule has 0 aliphatic heterocycles. The van der Waals surface area contributed by atoms with E-state index in [-0.39, 0.29) is 0 Å². The second-order valence-corrected chi connectivity index (χ2v) is 3.53. The lowest BCUT2D eigenvalue weighted by Gasteiger charge is -2.43. The molecule has 0 saturated heterocycles. The van der Waals surface area contributed by atoms with Gasteiger partial charge in [0.1, 0.15) is 0 Å². The molecule has 0 aromatic rings. The highest BCUT2D eigenvalue weighted by Gasteiger charge is 2.93. The first-order valence-corrected chi connectivity index (χ1v) is 4.32. The van der Waals surface area contributed by atoms with E-state index in [1.165, 1.54) is 0 Å². The lowest BCUT2D eigenvalue weighted by molar-refractivity contribution is -0.476. The molecule has 0 radical (unpaired) electrons. The monoisotopic (exact) mass is 350 g/mol. The molecule has 0 amide bonds. The van der Waals surface area contributed by atoms with Crippen molar-refractivity contribution in [2.24, 2.45) is 0 Å². The fraction of sp³-hybridized carbons (Fsp3) is 1.00. The van der Waals surface area contributed by atoms with Crippen molar-refractivity contribution in [1.82, 2.24) is 0 Å². The summed E-state index contributed by atoms with van der Waals surface area (Å²) in [5, 5.41) is 0. The number of hydrogen-bond acceptors (Lipinski definition) is 1. The fourth-order valence-corrected chi connectivity index (χ4v) is 1.19. The van der Waals surface area contributed by atoms with Gasteiger partial charge in [-0.3, -0.25) is 0 Å². The van der Waals surface area contributed by atoms with Crippen molar-refractivity contribution in [3.8, 4) is 0 Å². The van der Waals surface area contributed by atoms with Gasteiger partial charge in [-0.2, -0.15) is 48.3 Å². The predicted molar refractivity (Wildman–Crippen MR) is 37.8 cm³/mol. The van der Waals surface area contributed by atoms with Gasteiger partial charge in [0.25, 0.3) is 0 Å². The van der Waals surface area contributed by atoms with E-state index in [2.05, 4.69) is 4.74 Å². The van der Waals surface area contributed by atoms with Gasteiger partial charge in [-0.25, -0.2) is 8.78 Å². The van der Waals surface area contributed by atoms with E-state index < -0.39 is 43.1 Å².